The second-order valence-corrected chi connectivity index (χ2v) is 5.74. The first-order valence-corrected chi connectivity index (χ1v) is 7.84. The van der Waals surface area contributed by atoms with Crippen molar-refractivity contribution in [2.45, 2.75) is 19.9 Å². The van der Waals surface area contributed by atoms with Gasteiger partial charge in [-0.05, 0) is 25.5 Å². The molecule has 0 bridgehead atoms. The van der Waals surface area contributed by atoms with Crippen LogP contribution in [0.15, 0.2) is 36.4 Å². The van der Waals surface area contributed by atoms with Crippen LogP contribution >= 0.6 is 0 Å². The molecule has 0 saturated carbocycles. The third kappa shape index (κ3) is 2.33. The maximum absolute atomic E-state index is 5.72. The fraction of sp³-hybridized carbons (Fsp3) is 0.278. The number of hydrogen-bond donors (Lipinski definition) is 1. The van der Waals surface area contributed by atoms with E-state index in [4.69, 9.17) is 20.2 Å². The summed E-state index contributed by atoms with van der Waals surface area (Å²) < 4.78 is 13.2. The van der Waals surface area contributed by atoms with Crippen LogP contribution in [-0.4, -0.2) is 22.9 Å². The topological polar surface area (TPSA) is 62.3 Å². The number of fused-ring (bicyclic) bond motifs is 2. The minimum Gasteiger partial charge on any atom is -0.454 e. The molecule has 2 heterocycles. The average Bonchev–Trinajstić information content (AvgIpc) is 3.14. The van der Waals surface area contributed by atoms with E-state index < -0.39 is 0 Å². The number of benzene rings is 2. The van der Waals surface area contributed by atoms with Crippen molar-refractivity contribution in [1.82, 2.24) is 9.55 Å². The highest BCUT2D eigenvalue weighted by Crippen LogP contribution is 2.38. The van der Waals surface area contributed by atoms with Gasteiger partial charge in [-0.15, -0.1) is 0 Å². The third-order valence-corrected chi connectivity index (χ3v) is 4.21. The van der Waals surface area contributed by atoms with Crippen LogP contribution in [0.1, 0.15) is 12.0 Å². The highest BCUT2D eigenvalue weighted by Gasteiger charge is 2.20. The maximum Gasteiger partial charge on any atom is 0.231 e. The van der Waals surface area contributed by atoms with Crippen LogP contribution in [0.25, 0.3) is 22.4 Å². The molecule has 23 heavy (non-hydrogen) atoms. The molecule has 0 saturated heterocycles. The SMILES string of the molecule is Cc1ccccc1-c1nc2cc3c(cc2n1CCCN)OCO3. The molecule has 0 unspecified atom stereocenters. The van der Waals surface area contributed by atoms with E-state index in [1.165, 1.54) is 5.56 Å². The molecule has 2 aromatic carbocycles. The van der Waals surface area contributed by atoms with E-state index in [2.05, 4.69) is 23.6 Å². The summed E-state index contributed by atoms with van der Waals surface area (Å²) in [5.41, 5.74) is 10.0. The lowest BCUT2D eigenvalue weighted by Crippen LogP contribution is -2.07. The molecule has 3 aromatic rings. The number of rotatable bonds is 4. The molecule has 0 aliphatic carbocycles. The van der Waals surface area contributed by atoms with Crippen LogP contribution in [0.4, 0.5) is 0 Å². The van der Waals surface area contributed by atoms with Gasteiger partial charge in [0, 0.05) is 24.2 Å². The highest BCUT2D eigenvalue weighted by atomic mass is 16.7. The maximum atomic E-state index is 5.72. The van der Waals surface area contributed by atoms with Crippen LogP contribution in [0.5, 0.6) is 11.5 Å². The number of nitrogens with zero attached hydrogens (tertiary/aromatic N) is 2. The summed E-state index contributed by atoms with van der Waals surface area (Å²) in [6, 6.07) is 12.3. The van der Waals surface area contributed by atoms with Crippen molar-refractivity contribution >= 4 is 11.0 Å². The largest absolute Gasteiger partial charge is 0.454 e. The molecule has 4 rings (SSSR count). The number of nitrogens with two attached hydrogens (primary N) is 1. The van der Waals surface area contributed by atoms with Gasteiger partial charge >= 0.3 is 0 Å². The minimum absolute atomic E-state index is 0.273. The number of imidazole rings is 1. The standard InChI is InChI=1S/C18H19N3O2/c1-12-5-2-3-6-13(12)18-20-14-9-16-17(23-11-22-16)10-15(14)21(18)8-4-7-19/h2-3,5-6,9-10H,4,7-8,11,19H2,1H3. The quantitative estimate of drug-likeness (QED) is 0.804. The molecule has 1 aliphatic rings. The minimum atomic E-state index is 0.273. The molecule has 0 radical (unpaired) electrons. The lowest BCUT2D eigenvalue weighted by molar-refractivity contribution is 0.174. The Kier molecular flexibility index (Phi) is 3.42. The average molecular weight is 309 g/mol. The van der Waals surface area contributed by atoms with Gasteiger partial charge in [0.05, 0.1) is 11.0 Å². The number of ether oxygens (including phenoxy) is 2. The van der Waals surface area contributed by atoms with Gasteiger partial charge in [-0.3, -0.25) is 0 Å². The smallest absolute Gasteiger partial charge is 0.231 e. The molecular weight excluding hydrogens is 290 g/mol. The first-order chi connectivity index (χ1) is 11.3. The molecule has 1 aliphatic heterocycles. The van der Waals surface area contributed by atoms with Crippen LogP contribution in [-0.2, 0) is 6.54 Å². The fourth-order valence-electron chi connectivity index (χ4n) is 3.02. The second kappa shape index (κ2) is 5.59. The van der Waals surface area contributed by atoms with Crippen LogP contribution in [0.3, 0.4) is 0 Å². The molecule has 118 valence electrons. The normalized spacial score (nSPS) is 13.0. The van der Waals surface area contributed by atoms with E-state index in [1.54, 1.807) is 0 Å². The molecule has 0 fully saturated rings. The second-order valence-electron chi connectivity index (χ2n) is 5.74. The summed E-state index contributed by atoms with van der Waals surface area (Å²) in [5.74, 6) is 2.51. The van der Waals surface area contributed by atoms with Crippen molar-refractivity contribution in [2.75, 3.05) is 13.3 Å². The summed E-state index contributed by atoms with van der Waals surface area (Å²) in [5, 5.41) is 0. The van der Waals surface area contributed by atoms with Crippen molar-refractivity contribution < 1.29 is 9.47 Å². The van der Waals surface area contributed by atoms with Crippen molar-refractivity contribution in [2.24, 2.45) is 5.73 Å². The Bertz CT molecular complexity index is 870. The van der Waals surface area contributed by atoms with Gasteiger partial charge in [-0.25, -0.2) is 4.98 Å². The van der Waals surface area contributed by atoms with E-state index in [0.29, 0.717) is 6.54 Å². The molecule has 5 heteroatoms. The zero-order valence-corrected chi connectivity index (χ0v) is 13.1. The predicted octanol–water partition coefficient (Wildman–Crippen LogP) is 3.09. The Morgan fingerprint density at radius 2 is 1.96 bits per heavy atom. The summed E-state index contributed by atoms with van der Waals surface area (Å²) in [7, 11) is 0. The third-order valence-electron chi connectivity index (χ3n) is 4.21. The van der Waals surface area contributed by atoms with Crippen molar-refractivity contribution in [3.05, 3.63) is 42.0 Å². The molecule has 0 amide bonds. The molecule has 1 aromatic heterocycles. The van der Waals surface area contributed by atoms with Crippen LogP contribution in [0.2, 0.25) is 0 Å². The van der Waals surface area contributed by atoms with Crippen LogP contribution < -0.4 is 15.2 Å². The fourth-order valence-corrected chi connectivity index (χ4v) is 3.02. The Balaban J connectivity index is 1.94. The molecule has 5 nitrogen and oxygen atoms in total. The van der Waals surface area contributed by atoms with E-state index in [1.807, 2.05) is 24.3 Å². The van der Waals surface area contributed by atoms with Gasteiger partial charge in [0.25, 0.3) is 0 Å². The van der Waals surface area contributed by atoms with Gasteiger partial charge in [0.2, 0.25) is 6.79 Å². The summed E-state index contributed by atoms with van der Waals surface area (Å²) in [6.45, 7) is 3.86. The van der Waals surface area contributed by atoms with Gasteiger partial charge in [-0.2, -0.15) is 0 Å². The highest BCUT2D eigenvalue weighted by molar-refractivity contribution is 5.84. The first kappa shape index (κ1) is 14.1. The van der Waals surface area contributed by atoms with Gasteiger partial charge in [0.15, 0.2) is 11.5 Å². The van der Waals surface area contributed by atoms with E-state index >= 15 is 0 Å². The Hall–Kier alpha value is -2.53. The zero-order chi connectivity index (χ0) is 15.8. The molecule has 0 spiro atoms. The lowest BCUT2D eigenvalue weighted by Gasteiger charge is -2.10. The summed E-state index contributed by atoms with van der Waals surface area (Å²) in [6.07, 6.45) is 0.902. The molecular formula is C18H19N3O2. The summed E-state index contributed by atoms with van der Waals surface area (Å²) >= 11 is 0. The molecule has 0 atom stereocenters. The van der Waals surface area contributed by atoms with E-state index in [0.717, 1.165) is 46.9 Å². The van der Waals surface area contributed by atoms with Gasteiger partial charge < -0.3 is 19.8 Å². The van der Waals surface area contributed by atoms with Gasteiger partial charge in [0.1, 0.15) is 5.82 Å². The van der Waals surface area contributed by atoms with Crippen molar-refractivity contribution in [1.29, 1.82) is 0 Å². The van der Waals surface area contributed by atoms with Crippen LogP contribution in [0, 0.1) is 6.92 Å². The monoisotopic (exact) mass is 309 g/mol. The zero-order valence-electron chi connectivity index (χ0n) is 13.1. The summed E-state index contributed by atoms with van der Waals surface area (Å²) in [4.78, 5) is 4.86. The van der Waals surface area contributed by atoms with Crippen molar-refractivity contribution in [3.63, 3.8) is 0 Å². The molecule has 2 N–H and O–H groups in total. The Labute approximate surface area is 134 Å². The number of aromatic nitrogens is 2. The van der Waals surface area contributed by atoms with E-state index in [9.17, 15) is 0 Å². The number of hydrogen-bond acceptors (Lipinski definition) is 4. The van der Waals surface area contributed by atoms with E-state index in [-0.39, 0.29) is 6.79 Å². The Morgan fingerprint density at radius 3 is 2.74 bits per heavy atom. The predicted molar refractivity (Wildman–Crippen MR) is 89.7 cm³/mol. The lowest BCUT2D eigenvalue weighted by atomic mass is 10.1. The Morgan fingerprint density at radius 1 is 1.17 bits per heavy atom. The number of aryl methyl sites for hydroxylation is 2. The van der Waals surface area contributed by atoms with Gasteiger partial charge in [-0.1, -0.05) is 24.3 Å². The van der Waals surface area contributed by atoms with Crippen molar-refractivity contribution in [3.8, 4) is 22.9 Å². The first-order valence-electron chi connectivity index (χ1n) is 7.84.